The van der Waals surface area contributed by atoms with Crippen LogP contribution in [0, 0.1) is 0 Å². The van der Waals surface area contributed by atoms with Crippen LogP contribution in [0.3, 0.4) is 0 Å². The fourth-order valence-corrected chi connectivity index (χ4v) is 4.07. The van der Waals surface area contributed by atoms with E-state index in [0.29, 0.717) is 36.4 Å². The Morgan fingerprint density at radius 3 is 2.62 bits per heavy atom. The van der Waals surface area contributed by atoms with Crippen LogP contribution in [0.25, 0.3) is 0 Å². The third-order valence-corrected chi connectivity index (χ3v) is 5.79. The Morgan fingerprint density at radius 2 is 1.88 bits per heavy atom. The summed E-state index contributed by atoms with van der Waals surface area (Å²) in [6.07, 6.45) is -1.87. The van der Waals surface area contributed by atoms with Gasteiger partial charge in [0.2, 0.25) is 5.95 Å². The molecule has 0 spiro atoms. The fourth-order valence-electron chi connectivity index (χ4n) is 3.88. The smallest absolute Gasteiger partial charge is 0.406 e. The van der Waals surface area contributed by atoms with Crippen LogP contribution in [-0.2, 0) is 13.0 Å². The SMILES string of the molecule is FC(F)(F)Oc1ccc2c(c1)CCN(c1cc(C3CC3)nc(Nc3cccc(Cl)c3)n1)C2. The highest BCUT2D eigenvalue weighted by Crippen LogP contribution is 2.41. The molecule has 0 amide bonds. The molecular formula is C23H20ClF3N4O. The zero-order valence-corrected chi connectivity index (χ0v) is 17.7. The number of fused-ring (bicyclic) bond motifs is 1. The first kappa shape index (κ1) is 20.9. The maximum absolute atomic E-state index is 12.5. The number of halogens is 4. The Balaban J connectivity index is 1.39. The van der Waals surface area contributed by atoms with Gasteiger partial charge in [0.1, 0.15) is 11.6 Å². The Labute approximate surface area is 188 Å². The molecule has 2 heterocycles. The number of anilines is 3. The summed E-state index contributed by atoms with van der Waals surface area (Å²) in [6, 6.07) is 13.9. The Hall–Kier alpha value is -3.00. The van der Waals surface area contributed by atoms with Gasteiger partial charge in [0, 0.05) is 35.8 Å². The van der Waals surface area contributed by atoms with Crippen LogP contribution in [0.4, 0.5) is 30.6 Å². The Morgan fingerprint density at radius 1 is 1.03 bits per heavy atom. The number of nitrogens with one attached hydrogen (secondary N) is 1. The average molecular weight is 461 g/mol. The van der Waals surface area contributed by atoms with E-state index >= 15 is 0 Å². The van der Waals surface area contributed by atoms with Crippen molar-refractivity contribution in [2.45, 2.75) is 38.1 Å². The maximum atomic E-state index is 12.5. The van der Waals surface area contributed by atoms with Crippen LogP contribution in [0.5, 0.6) is 5.75 Å². The number of ether oxygens (including phenoxy) is 1. The number of hydrogen-bond acceptors (Lipinski definition) is 5. The zero-order chi connectivity index (χ0) is 22.3. The lowest BCUT2D eigenvalue weighted by atomic mass is 9.99. The van der Waals surface area contributed by atoms with Crippen LogP contribution in [0.15, 0.2) is 48.5 Å². The van der Waals surface area contributed by atoms with E-state index in [1.807, 2.05) is 24.3 Å². The minimum Gasteiger partial charge on any atom is -0.406 e. The zero-order valence-electron chi connectivity index (χ0n) is 17.0. The molecule has 5 rings (SSSR count). The van der Waals surface area contributed by atoms with Gasteiger partial charge in [-0.1, -0.05) is 23.7 Å². The molecule has 1 aliphatic carbocycles. The summed E-state index contributed by atoms with van der Waals surface area (Å²) in [5.74, 6) is 1.56. The highest BCUT2D eigenvalue weighted by Gasteiger charge is 2.32. The molecule has 0 unspecified atom stereocenters. The molecular weight excluding hydrogens is 441 g/mol. The van der Waals surface area contributed by atoms with Crippen LogP contribution in [-0.4, -0.2) is 22.9 Å². The average Bonchev–Trinajstić information content (AvgIpc) is 3.57. The summed E-state index contributed by atoms with van der Waals surface area (Å²) in [5, 5.41) is 3.86. The van der Waals surface area contributed by atoms with Gasteiger partial charge in [-0.05, 0) is 60.7 Å². The molecule has 166 valence electrons. The van der Waals surface area contributed by atoms with Gasteiger partial charge < -0.3 is 15.0 Å². The van der Waals surface area contributed by atoms with Crippen molar-refractivity contribution in [3.63, 3.8) is 0 Å². The maximum Gasteiger partial charge on any atom is 0.573 e. The van der Waals surface area contributed by atoms with Crippen molar-refractivity contribution >= 4 is 29.1 Å². The van der Waals surface area contributed by atoms with E-state index in [2.05, 4.69) is 15.0 Å². The first-order valence-corrected chi connectivity index (χ1v) is 10.7. The molecule has 1 aromatic heterocycles. The topological polar surface area (TPSA) is 50.3 Å². The van der Waals surface area contributed by atoms with Crippen LogP contribution in [0.2, 0.25) is 5.02 Å². The summed E-state index contributed by atoms with van der Waals surface area (Å²) in [6.45, 7) is 1.19. The number of rotatable bonds is 5. The monoisotopic (exact) mass is 460 g/mol. The molecule has 1 N–H and O–H groups in total. The van der Waals surface area contributed by atoms with Gasteiger partial charge in [-0.2, -0.15) is 4.98 Å². The molecule has 0 atom stereocenters. The minimum absolute atomic E-state index is 0.184. The lowest BCUT2D eigenvalue weighted by molar-refractivity contribution is -0.274. The summed E-state index contributed by atoms with van der Waals surface area (Å²) in [5.41, 5.74) is 3.62. The molecule has 5 nitrogen and oxygen atoms in total. The van der Waals surface area contributed by atoms with Crippen LogP contribution < -0.4 is 15.0 Å². The molecule has 1 aliphatic heterocycles. The lowest BCUT2D eigenvalue weighted by Gasteiger charge is -2.30. The molecule has 0 saturated heterocycles. The number of alkyl halides is 3. The highest BCUT2D eigenvalue weighted by atomic mass is 35.5. The molecule has 2 aliphatic rings. The van der Waals surface area contributed by atoms with E-state index in [4.69, 9.17) is 21.6 Å². The second kappa shape index (κ2) is 8.16. The molecule has 0 radical (unpaired) electrons. The van der Waals surface area contributed by atoms with Gasteiger partial charge in [0.15, 0.2) is 0 Å². The number of nitrogens with zero attached hydrogens (tertiary/aromatic N) is 3. The van der Waals surface area contributed by atoms with Gasteiger partial charge >= 0.3 is 6.36 Å². The van der Waals surface area contributed by atoms with Crippen molar-refractivity contribution in [3.05, 3.63) is 70.4 Å². The van der Waals surface area contributed by atoms with Gasteiger partial charge in [-0.15, -0.1) is 13.2 Å². The predicted octanol–water partition coefficient (Wildman–Crippen LogP) is 6.21. The van der Waals surface area contributed by atoms with E-state index < -0.39 is 6.36 Å². The van der Waals surface area contributed by atoms with Crippen molar-refractivity contribution < 1.29 is 17.9 Å². The fraction of sp³-hybridized carbons (Fsp3) is 0.304. The molecule has 9 heteroatoms. The van der Waals surface area contributed by atoms with E-state index in [-0.39, 0.29) is 5.75 Å². The first-order chi connectivity index (χ1) is 15.3. The molecule has 3 aromatic rings. The van der Waals surface area contributed by atoms with Crippen LogP contribution >= 0.6 is 11.6 Å². The summed E-state index contributed by atoms with van der Waals surface area (Å²) >= 11 is 6.09. The van der Waals surface area contributed by atoms with Gasteiger partial charge in [0.25, 0.3) is 0 Å². The number of benzene rings is 2. The normalized spacial score (nSPS) is 15.9. The predicted molar refractivity (Wildman–Crippen MR) is 117 cm³/mol. The lowest BCUT2D eigenvalue weighted by Crippen LogP contribution is -2.31. The third kappa shape index (κ3) is 4.91. The molecule has 2 aromatic carbocycles. The summed E-state index contributed by atoms with van der Waals surface area (Å²) in [4.78, 5) is 11.5. The Bertz CT molecular complexity index is 1150. The first-order valence-electron chi connectivity index (χ1n) is 10.4. The van der Waals surface area contributed by atoms with Crippen LogP contribution in [0.1, 0.15) is 35.6 Å². The molecule has 1 fully saturated rings. The van der Waals surface area contributed by atoms with Gasteiger partial charge in [0.05, 0.1) is 5.69 Å². The van der Waals surface area contributed by atoms with Crippen molar-refractivity contribution in [1.82, 2.24) is 9.97 Å². The van der Waals surface area contributed by atoms with Gasteiger partial charge in [-0.25, -0.2) is 4.98 Å². The van der Waals surface area contributed by atoms with E-state index in [1.54, 1.807) is 12.1 Å². The Kier molecular flexibility index (Phi) is 5.33. The summed E-state index contributed by atoms with van der Waals surface area (Å²) < 4.78 is 41.6. The third-order valence-electron chi connectivity index (χ3n) is 5.56. The number of hydrogen-bond donors (Lipinski definition) is 1. The second-order valence-electron chi connectivity index (χ2n) is 8.03. The molecule has 0 bridgehead atoms. The van der Waals surface area contributed by atoms with E-state index in [1.165, 1.54) is 12.1 Å². The van der Waals surface area contributed by atoms with Crippen molar-refractivity contribution in [2.24, 2.45) is 0 Å². The van der Waals surface area contributed by atoms with E-state index in [9.17, 15) is 13.2 Å². The van der Waals surface area contributed by atoms with Gasteiger partial charge in [-0.3, -0.25) is 0 Å². The van der Waals surface area contributed by atoms with Crippen molar-refractivity contribution in [1.29, 1.82) is 0 Å². The second-order valence-corrected chi connectivity index (χ2v) is 8.47. The minimum atomic E-state index is -4.69. The van der Waals surface area contributed by atoms with Crippen molar-refractivity contribution in [2.75, 3.05) is 16.8 Å². The highest BCUT2D eigenvalue weighted by molar-refractivity contribution is 6.30. The van der Waals surface area contributed by atoms with E-state index in [0.717, 1.165) is 41.2 Å². The van der Waals surface area contributed by atoms with Crippen molar-refractivity contribution in [3.8, 4) is 5.75 Å². The standard InChI is InChI=1S/C23H20ClF3N4O/c24-17-2-1-3-18(11-17)28-22-29-20(14-4-5-14)12-21(30-22)31-9-8-15-10-19(32-23(25,26)27)7-6-16(15)13-31/h1-3,6-7,10-12,14H,4-5,8-9,13H2,(H,28,29,30). The largest absolute Gasteiger partial charge is 0.573 e. The number of aromatic nitrogens is 2. The summed E-state index contributed by atoms with van der Waals surface area (Å²) in [7, 11) is 0. The molecule has 1 saturated carbocycles. The molecule has 32 heavy (non-hydrogen) atoms. The quantitative estimate of drug-likeness (QED) is 0.490.